The molecule has 3 aromatic carbocycles. The van der Waals surface area contributed by atoms with Crippen LogP contribution >= 0.6 is 0 Å². The van der Waals surface area contributed by atoms with Gasteiger partial charge in [0.1, 0.15) is 6.10 Å². The molecule has 0 fully saturated rings. The smallest absolute Gasteiger partial charge is 0.338 e. The van der Waals surface area contributed by atoms with Crippen molar-refractivity contribution in [1.82, 2.24) is 0 Å². The predicted octanol–water partition coefficient (Wildman–Crippen LogP) is 6.48. The zero-order valence-corrected chi connectivity index (χ0v) is 17.4. The number of aryl methyl sites for hydroxylation is 4. The van der Waals surface area contributed by atoms with E-state index in [1.54, 1.807) is 12.1 Å². The molecule has 1 atom stereocenters. The van der Waals surface area contributed by atoms with E-state index >= 15 is 0 Å². The van der Waals surface area contributed by atoms with Gasteiger partial charge in [-0.25, -0.2) is 4.79 Å². The monoisotopic (exact) mass is 384 g/mol. The summed E-state index contributed by atoms with van der Waals surface area (Å²) < 4.78 is 5.84. The molecule has 0 saturated carbocycles. The SMILES string of the molecule is Cc1cccc(/C=C/[C@@H](CCc2cc(C)cc(C)c2)OC(=O)c2ccccc2)c1. The Morgan fingerprint density at radius 1 is 0.862 bits per heavy atom. The molecule has 0 bridgehead atoms. The summed E-state index contributed by atoms with van der Waals surface area (Å²) in [7, 11) is 0. The van der Waals surface area contributed by atoms with Crippen LogP contribution in [0.15, 0.2) is 78.9 Å². The van der Waals surface area contributed by atoms with E-state index in [9.17, 15) is 4.79 Å². The van der Waals surface area contributed by atoms with Gasteiger partial charge < -0.3 is 4.74 Å². The van der Waals surface area contributed by atoms with E-state index in [-0.39, 0.29) is 12.1 Å². The first-order valence-corrected chi connectivity index (χ1v) is 10.1. The lowest BCUT2D eigenvalue weighted by Crippen LogP contribution is -2.17. The van der Waals surface area contributed by atoms with E-state index < -0.39 is 0 Å². The van der Waals surface area contributed by atoms with Crippen molar-refractivity contribution in [2.24, 2.45) is 0 Å². The number of hydrogen-bond acceptors (Lipinski definition) is 2. The van der Waals surface area contributed by atoms with Gasteiger partial charge >= 0.3 is 5.97 Å². The Balaban J connectivity index is 1.75. The van der Waals surface area contributed by atoms with Gasteiger partial charge in [-0.2, -0.15) is 0 Å². The molecule has 0 N–H and O–H groups in total. The fourth-order valence-electron chi connectivity index (χ4n) is 3.49. The van der Waals surface area contributed by atoms with Gasteiger partial charge in [-0.1, -0.05) is 83.4 Å². The van der Waals surface area contributed by atoms with Crippen LogP contribution in [0.3, 0.4) is 0 Å². The molecular formula is C27H28O2. The third kappa shape index (κ3) is 6.46. The molecular weight excluding hydrogens is 356 g/mol. The largest absolute Gasteiger partial charge is 0.455 e. The summed E-state index contributed by atoms with van der Waals surface area (Å²) in [5.74, 6) is -0.287. The van der Waals surface area contributed by atoms with Crippen LogP contribution in [-0.2, 0) is 11.2 Å². The van der Waals surface area contributed by atoms with Gasteiger partial charge in [0, 0.05) is 0 Å². The second kappa shape index (κ2) is 9.88. The van der Waals surface area contributed by atoms with Crippen molar-refractivity contribution in [3.05, 3.63) is 112 Å². The molecule has 148 valence electrons. The maximum Gasteiger partial charge on any atom is 0.338 e. The number of hydrogen-bond donors (Lipinski definition) is 0. The Kier molecular flexibility index (Phi) is 7.02. The lowest BCUT2D eigenvalue weighted by atomic mass is 10.0. The summed E-state index contributed by atoms with van der Waals surface area (Å²) >= 11 is 0. The van der Waals surface area contributed by atoms with Gasteiger partial charge in [-0.05, 0) is 62.9 Å². The van der Waals surface area contributed by atoms with Crippen LogP contribution in [-0.4, -0.2) is 12.1 Å². The molecule has 0 radical (unpaired) electrons. The third-order valence-corrected chi connectivity index (χ3v) is 4.81. The fourth-order valence-corrected chi connectivity index (χ4v) is 3.49. The second-order valence-electron chi connectivity index (χ2n) is 7.62. The molecule has 2 heteroatoms. The Bertz CT molecular complexity index is 966. The summed E-state index contributed by atoms with van der Waals surface area (Å²) in [5, 5.41) is 0. The molecule has 0 spiro atoms. The molecule has 29 heavy (non-hydrogen) atoms. The quantitative estimate of drug-likeness (QED) is 0.436. The topological polar surface area (TPSA) is 26.3 Å². The molecule has 3 aromatic rings. The summed E-state index contributed by atoms with van der Waals surface area (Å²) in [6.45, 7) is 6.30. The van der Waals surface area contributed by atoms with Crippen LogP contribution in [0.2, 0.25) is 0 Å². The standard InChI is InChI=1S/C27H28O2/c1-20-8-7-9-23(17-20)12-14-26(29-27(28)25-10-5-4-6-11-25)15-13-24-18-21(2)16-22(3)19-24/h4-12,14,16-19,26H,13,15H2,1-3H3/b14-12+/t26-/m0/s1. The van der Waals surface area contributed by atoms with Crippen molar-refractivity contribution in [2.75, 3.05) is 0 Å². The first kappa shape index (κ1) is 20.6. The summed E-state index contributed by atoms with van der Waals surface area (Å²) in [6.07, 6.45) is 5.34. The van der Waals surface area contributed by atoms with Gasteiger partial charge in [-0.15, -0.1) is 0 Å². The molecule has 0 aliphatic carbocycles. The minimum Gasteiger partial charge on any atom is -0.455 e. The van der Waals surface area contributed by atoms with Crippen LogP contribution in [0.1, 0.15) is 44.6 Å². The van der Waals surface area contributed by atoms with Crippen LogP contribution in [0.5, 0.6) is 0 Å². The van der Waals surface area contributed by atoms with Crippen molar-refractivity contribution < 1.29 is 9.53 Å². The van der Waals surface area contributed by atoms with Gasteiger partial charge in [0.15, 0.2) is 0 Å². The molecule has 2 nitrogen and oxygen atoms in total. The maximum atomic E-state index is 12.6. The fraction of sp³-hybridized carbons (Fsp3) is 0.222. The van der Waals surface area contributed by atoms with Crippen molar-refractivity contribution in [1.29, 1.82) is 0 Å². The average Bonchev–Trinajstić information content (AvgIpc) is 2.70. The maximum absolute atomic E-state index is 12.6. The van der Waals surface area contributed by atoms with Gasteiger partial charge in [0.2, 0.25) is 0 Å². The van der Waals surface area contributed by atoms with E-state index in [0.717, 1.165) is 18.4 Å². The predicted molar refractivity (Wildman–Crippen MR) is 120 cm³/mol. The highest BCUT2D eigenvalue weighted by molar-refractivity contribution is 5.89. The zero-order valence-electron chi connectivity index (χ0n) is 17.4. The first-order chi connectivity index (χ1) is 14.0. The average molecular weight is 385 g/mol. The van der Waals surface area contributed by atoms with E-state index in [1.807, 2.05) is 36.4 Å². The lowest BCUT2D eigenvalue weighted by Gasteiger charge is -2.15. The van der Waals surface area contributed by atoms with Crippen molar-refractivity contribution >= 4 is 12.0 Å². The number of benzene rings is 3. The Labute approximate surface area is 173 Å². The number of carbonyl (C=O) groups is 1. The lowest BCUT2D eigenvalue weighted by molar-refractivity contribution is 0.0382. The third-order valence-electron chi connectivity index (χ3n) is 4.81. The molecule has 0 heterocycles. The highest BCUT2D eigenvalue weighted by Crippen LogP contribution is 2.16. The molecule has 0 aromatic heterocycles. The highest BCUT2D eigenvalue weighted by Gasteiger charge is 2.14. The molecule has 0 unspecified atom stereocenters. The molecule has 0 saturated heterocycles. The normalized spacial score (nSPS) is 12.1. The van der Waals surface area contributed by atoms with Gasteiger partial charge in [-0.3, -0.25) is 0 Å². The van der Waals surface area contributed by atoms with Crippen LogP contribution < -0.4 is 0 Å². The van der Waals surface area contributed by atoms with Crippen LogP contribution in [0.4, 0.5) is 0 Å². The highest BCUT2D eigenvalue weighted by atomic mass is 16.5. The molecule has 3 rings (SSSR count). The van der Waals surface area contributed by atoms with Crippen molar-refractivity contribution in [3.8, 4) is 0 Å². The van der Waals surface area contributed by atoms with Gasteiger partial charge in [0.05, 0.1) is 5.56 Å². The number of rotatable bonds is 7. The first-order valence-electron chi connectivity index (χ1n) is 10.1. The van der Waals surface area contributed by atoms with Gasteiger partial charge in [0.25, 0.3) is 0 Å². The van der Waals surface area contributed by atoms with E-state index in [4.69, 9.17) is 4.74 Å². The summed E-state index contributed by atoms with van der Waals surface area (Å²) in [4.78, 5) is 12.6. The van der Waals surface area contributed by atoms with Crippen LogP contribution in [0, 0.1) is 20.8 Å². The molecule has 0 amide bonds. The number of esters is 1. The Morgan fingerprint density at radius 3 is 2.28 bits per heavy atom. The second-order valence-corrected chi connectivity index (χ2v) is 7.62. The van der Waals surface area contributed by atoms with E-state index in [1.165, 1.54) is 22.3 Å². The van der Waals surface area contributed by atoms with E-state index in [2.05, 4.69) is 57.2 Å². The molecule has 0 aliphatic rings. The van der Waals surface area contributed by atoms with Crippen LogP contribution in [0.25, 0.3) is 6.08 Å². The summed E-state index contributed by atoms with van der Waals surface area (Å²) in [5.41, 5.74) is 6.68. The zero-order chi connectivity index (χ0) is 20.6. The van der Waals surface area contributed by atoms with Crippen molar-refractivity contribution in [3.63, 3.8) is 0 Å². The minimum atomic E-state index is -0.288. The minimum absolute atomic E-state index is 0.287. The number of ether oxygens (including phenoxy) is 1. The van der Waals surface area contributed by atoms with Crippen molar-refractivity contribution in [2.45, 2.75) is 39.7 Å². The summed E-state index contributed by atoms with van der Waals surface area (Å²) in [6, 6.07) is 24.0. The van der Waals surface area contributed by atoms with E-state index in [0.29, 0.717) is 5.56 Å². The Hall–Kier alpha value is -3.13. The molecule has 0 aliphatic heterocycles. The Morgan fingerprint density at radius 2 is 1.59 bits per heavy atom. The number of carbonyl (C=O) groups excluding carboxylic acids is 1.